The van der Waals surface area contributed by atoms with E-state index in [1.807, 2.05) is 26.0 Å². The summed E-state index contributed by atoms with van der Waals surface area (Å²) in [6.07, 6.45) is 0.637. The summed E-state index contributed by atoms with van der Waals surface area (Å²) >= 11 is 0. The summed E-state index contributed by atoms with van der Waals surface area (Å²) in [4.78, 5) is 22.8. The van der Waals surface area contributed by atoms with Gasteiger partial charge in [-0.05, 0) is 49.6 Å². The molecule has 0 aliphatic carbocycles. The lowest BCUT2D eigenvalue weighted by Gasteiger charge is -2.10. The molecular formula is C18H23ClN4O3. The Kier molecular flexibility index (Phi) is 7.86. The minimum Gasteiger partial charge on any atom is -0.399 e. The Morgan fingerprint density at radius 1 is 1.15 bits per heavy atom. The van der Waals surface area contributed by atoms with Crippen LogP contribution >= 0.6 is 12.4 Å². The Hall–Kier alpha value is -2.80. The first-order valence-corrected chi connectivity index (χ1v) is 8.01. The van der Waals surface area contributed by atoms with Crippen molar-refractivity contribution in [2.45, 2.75) is 20.3 Å². The van der Waals surface area contributed by atoms with Gasteiger partial charge in [0, 0.05) is 30.4 Å². The summed E-state index contributed by atoms with van der Waals surface area (Å²) in [7, 11) is 0. The fourth-order valence-corrected chi connectivity index (χ4v) is 2.44. The zero-order valence-electron chi connectivity index (χ0n) is 14.7. The number of amides is 1. The van der Waals surface area contributed by atoms with Gasteiger partial charge in [0.1, 0.15) is 5.69 Å². The molecule has 7 nitrogen and oxygen atoms in total. The molecule has 0 aliphatic rings. The lowest BCUT2D eigenvalue weighted by molar-refractivity contribution is -0.384. The van der Waals surface area contributed by atoms with Crippen LogP contribution in [-0.2, 0) is 0 Å². The van der Waals surface area contributed by atoms with Crippen LogP contribution < -0.4 is 16.4 Å². The van der Waals surface area contributed by atoms with Crippen molar-refractivity contribution >= 4 is 35.4 Å². The van der Waals surface area contributed by atoms with Gasteiger partial charge >= 0.3 is 0 Å². The number of aryl methyl sites for hydroxylation is 2. The molecule has 0 saturated carbocycles. The molecule has 26 heavy (non-hydrogen) atoms. The average molecular weight is 379 g/mol. The molecule has 8 heteroatoms. The highest BCUT2D eigenvalue weighted by atomic mass is 35.5. The van der Waals surface area contributed by atoms with Crippen molar-refractivity contribution in [3.8, 4) is 0 Å². The van der Waals surface area contributed by atoms with Gasteiger partial charge in [0.2, 0.25) is 0 Å². The van der Waals surface area contributed by atoms with E-state index in [2.05, 4.69) is 10.6 Å². The normalized spacial score (nSPS) is 9.92. The first kappa shape index (κ1) is 21.2. The number of halogens is 1. The van der Waals surface area contributed by atoms with Gasteiger partial charge in [-0.15, -0.1) is 12.4 Å². The van der Waals surface area contributed by atoms with Crippen LogP contribution in [0.5, 0.6) is 0 Å². The van der Waals surface area contributed by atoms with Crippen LogP contribution in [0.1, 0.15) is 27.9 Å². The van der Waals surface area contributed by atoms with Gasteiger partial charge in [-0.3, -0.25) is 14.9 Å². The van der Waals surface area contributed by atoms with Crippen molar-refractivity contribution in [1.82, 2.24) is 5.32 Å². The Bertz CT molecular complexity index is 796. The van der Waals surface area contributed by atoms with Crippen molar-refractivity contribution < 1.29 is 9.72 Å². The fraction of sp³-hybridized carbons (Fsp3) is 0.278. The van der Waals surface area contributed by atoms with Gasteiger partial charge in [-0.25, -0.2) is 0 Å². The number of nitrogen functional groups attached to an aromatic ring is 1. The number of hydrogen-bond acceptors (Lipinski definition) is 5. The van der Waals surface area contributed by atoms with Crippen LogP contribution in [0.25, 0.3) is 0 Å². The third kappa shape index (κ3) is 5.63. The van der Waals surface area contributed by atoms with Crippen molar-refractivity contribution in [3.05, 3.63) is 63.2 Å². The third-order valence-corrected chi connectivity index (χ3v) is 3.81. The SMILES string of the molecule is Cc1ccc(NCCCNC(=O)c2cc(N)ccc2C)c([N+](=O)[O-])c1.Cl. The number of carbonyl (C=O) groups excluding carboxylic acids is 1. The molecule has 0 fully saturated rings. The van der Waals surface area contributed by atoms with E-state index in [1.54, 1.807) is 18.2 Å². The Balaban J connectivity index is 0.00000338. The van der Waals surface area contributed by atoms with Crippen LogP contribution in [0.2, 0.25) is 0 Å². The maximum absolute atomic E-state index is 12.2. The number of anilines is 2. The minimum atomic E-state index is -0.403. The van der Waals surface area contributed by atoms with Crippen LogP contribution in [0.4, 0.5) is 17.1 Å². The van der Waals surface area contributed by atoms with Gasteiger partial charge in [0.05, 0.1) is 4.92 Å². The van der Waals surface area contributed by atoms with E-state index in [-0.39, 0.29) is 24.0 Å². The van der Waals surface area contributed by atoms with E-state index in [0.29, 0.717) is 36.4 Å². The molecule has 2 aromatic carbocycles. The second-order valence-electron chi connectivity index (χ2n) is 5.89. The van der Waals surface area contributed by atoms with Crippen molar-refractivity contribution in [3.63, 3.8) is 0 Å². The van der Waals surface area contributed by atoms with E-state index in [9.17, 15) is 14.9 Å². The van der Waals surface area contributed by atoms with Gasteiger partial charge in [0.15, 0.2) is 0 Å². The summed E-state index contributed by atoms with van der Waals surface area (Å²) in [5, 5.41) is 16.9. The molecule has 0 radical (unpaired) electrons. The number of nitrogens with two attached hydrogens (primary N) is 1. The number of rotatable bonds is 7. The van der Waals surface area contributed by atoms with E-state index in [4.69, 9.17) is 5.73 Å². The van der Waals surface area contributed by atoms with Crippen molar-refractivity contribution in [1.29, 1.82) is 0 Å². The Morgan fingerprint density at radius 2 is 1.88 bits per heavy atom. The molecule has 0 bridgehead atoms. The summed E-state index contributed by atoms with van der Waals surface area (Å²) in [6, 6.07) is 10.3. The highest BCUT2D eigenvalue weighted by Gasteiger charge is 2.13. The van der Waals surface area contributed by atoms with Gasteiger partial charge in [0.25, 0.3) is 11.6 Å². The zero-order valence-corrected chi connectivity index (χ0v) is 15.6. The molecule has 0 heterocycles. The second kappa shape index (κ2) is 9.62. The first-order valence-electron chi connectivity index (χ1n) is 8.01. The summed E-state index contributed by atoms with van der Waals surface area (Å²) in [5.41, 5.74) is 9.04. The highest BCUT2D eigenvalue weighted by Crippen LogP contribution is 2.25. The van der Waals surface area contributed by atoms with E-state index >= 15 is 0 Å². The van der Waals surface area contributed by atoms with E-state index in [1.165, 1.54) is 6.07 Å². The topological polar surface area (TPSA) is 110 Å². The summed E-state index contributed by atoms with van der Waals surface area (Å²) in [6.45, 7) is 4.64. The van der Waals surface area contributed by atoms with Crippen LogP contribution in [0.15, 0.2) is 36.4 Å². The van der Waals surface area contributed by atoms with E-state index < -0.39 is 4.92 Å². The van der Waals surface area contributed by atoms with Gasteiger partial charge in [-0.1, -0.05) is 12.1 Å². The van der Waals surface area contributed by atoms with Crippen LogP contribution in [-0.4, -0.2) is 23.9 Å². The molecule has 140 valence electrons. The summed E-state index contributed by atoms with van der Waals surface area (Å²) < 4.78 is 0. The standard InChI is InChI=1S/C18H22N4O3.ClH/c1-12-4-7-16(17(10-12)22(24)25)20-8-3-9-21-18(23)15-11-14(19)6-5-13(15)2;/h4-7,10-11,20H,3,8-9,19H2,1-2H3,(H,21,23);1H. The maximum atomic E-state index is 12.2. The molecule has 0 saturated heterocycles. The fourth-order valence-electron chi connectivity index (χ4n) is 2.44. The zero-order chi connectivity index (χ0) is 18.4. The number of nitrogens with one attached hydrogen (secondary N) is 2. The van der Waals surface area contributed by atoms with Crippen molar-refractivity contribution in [2.24, 2.45) is 0 Å². The average Bonchev–Trinajstić information content (AvgIpc) is 2.57. The maximum Gasteiger partial charge on any atom is 0.292 e. The molecule has 0 aliphatic heterocycles. The number of benzene rings is 2. The molecule has 4 N–H and O–H groups in total. The lowest BCUT2D eigenvalue weighted by atomic mass is 10.1. The predicted octanol–water partition coefficient (Wildman–Crippen LogP) is 3.45. The Labute approximate surface area is 158 Å². The van der Waals surface area contributed by atoms with Crippen molar-refractivity contribution in [2.75, 3.05) is 24.1 Å². The smallest absolute Gasteiger partial charge is 0.292 e. The number of nitrogens with zero attached hydrogens (tertiary/aromatic N) is 1. The largest absolute Gasteiger partial charge is 0.399 e. The first-order chi connectivity index (χ1) is 11.9. The molecule has 0 unspecified atom stereocenters. The number of hydrogen-bond donors (Lipinski definition) is 3. The summed E-state index contributed by atoms with van der Waals surface area (Å²) in [5.74, 6) is -0.175. The number of nitro groups is 1. The van der Waals surface area contributed by atoms with E-state index in [0.717, 1.165) is 11.1 Å². The van der Waals surface area contributed by atoms with Gasteiger partial charge in [-0.2, -0.15) is 0 Å². The second-order valence-corrected chi connectivity index (χ2v) is 5.89. The van der Waals surface area contributed by atoms with Gasteiger partial charge < -0.3 is 16.4 Å². The number of nitro benzene ring substituents is 1. The lowest BCUT2D eigenvalue weighted by Crippen LogP contribution is -2.26. The third-order valence-electron chi connectivity index (χ3n) is 3.81. The Morgan fingerprint density at radius 3 is 2.58 bits per heavy atom. The minimum absolute atomic E-state index is 0. The molecule has 0 aromatic heterocycles. The molecule has 2 rings (SSSR count). The predicted molar refractivity (Wildman–Crippen MR) is 106 cm³/mol. The molecule has 0 atom stereocenters. The number of carbonyl (C=O) groups is 1. The molecule has 2 aromatic rings. The molecular weight excluding hydrogens is 356 g/mol. The molecule has 0 spiro atoms. The highest BCUT2D eigenvalue weighted by molar-refractivity contribution is 5.96. The quantitative estimate of drug-likeness (QED) is 0.296. The monoisotopic (exact) mass is 378 g/mol. The van der Waals surface area contributed by atoms with Crippen LogP contribution in [0.3, 0.4) is 0 Å². The van der Waals surface area contributed by atoms with Crippen LogP contribution in [0, 0.1) is 24.0 Å². The molecule has 1 amide bonds.